The number of carbonyl (C=O) groups is 2. The van der Waals surface area contributed by atoms with Gasteiger partial charge in [-0.1, -0.05) is 40.9 Å². The number of amidine groups is 1. The van der Waals surface area contributed by atoms with E-state index in [1.54, 1.807) is 60.7 Å². The van der Waals surface area contributed by atoms with Crippen molar-refractivity contribution in [3.05, 3.63) is 95.7 Å². The first-order valence-electron chi connectivity index (χ1n) is 10.9. The van der Waals surface area contributed by atoms with Crippen molar-refractivity contribution in [1.82, 2.24) is 5.32 Å². The van der Waals surface area contributed by atoms with Gasteiger partial charge in [0.2, 0.25) is 0 Å². The van der Waals surface area contributed by atoms with Crippen molar-refractivity contribution in [2.24, 2.45) is 4.99 Å². The van der Waals surface area contributed by atoms with E-state index in [1.807, 2.05) is 6.92 Å². The minimum Gasteiger partial charge on any atom is -0.490 e. The second-order valence-electron chi connectivity index (χ2n) is 7.58. The quantitative estimate of drug-likeness (QED) is 0.267. The molecular weight excluding hydrogens is 623 g/mol. The number of benzene rings is 3. The zero-order valence-electron chi connectivity index (χ0n) is 19.2. The average Bonchev–Trinajstić information content (AvgIpc) is 3.18. The highest BCUT2D eigenvalue weighted by Gasteiger charge is 2.25. The lowest BCUT2D eigenvalue weighted by molar-refractivity contribution is -0.115. The maximum absolute atomic E-state index is 12.5. The van der Waals surface area contributed by atoms with Crippen LogP contribution < -0.4 is 14.8 Å². The van der Waals surface area contributed by atoms with E-state index < -0.39 is 5.91 Å². The van der Waals surface area contributed by atoms with Crippen LogP contribution in [0, 0.1) is 0 Å². The number of amides is 2. The van der Waals surface area contributed by atoms with Crippen molar-refractivity contribution in [2.45, 2.75) is 13.5 Å². The summed E-state index contributed by atoms with van der Waals surface area (Å²) in [5.41, 5.74) is 1.82. The van der Waals surface area contributed by atoms with Gasteiger partial charge in [0.25, 0.3) is 11.8 Å². The third kappa shape index (κ3) is 7.09. The van der Waals surface area contributed by atoms with Gasteiger partial charge in [-0.15, -0.1) is 0 Å². The van der Waals surface area contributed by atoms with Crippen LogP contribution in [0.4, 0.5) is 0 Å². The molecule has 0 saturated carbocycles. The monoisotopic (exact) mass is 638 g/mol. The van der Waals surface area contributed by atoms with Crippen LogP contribution in [-0.4, -0.2) is 23.6 Å². The average molecular weight is 641 g/mol. The standard InChI is InChI=1S/C26H18BrCl3N2O4S/c1-2-35-21-10-14(9-19(27)23(21)36-13-16-5-8-18(29)12-20(16)30)11-22-25(34)32-26(37-22)31-24(33)15-3-6-17(28)7-4-15/h3-12H,2,13H2,1H3,(H,31,32,33,34)/b22-11-. The van der Waals surface area contributed by atoms with Crippen LogP contribution in [-0.2, 0) is 11.4 Å². The summed E-state index contributed by atoms with van der Waals surface area (Å²) in [6.07, 6.45) is 1.68. The fraction of sp³-hybridized carbons (Fsp3) is 0.115. The summed E-state index contributed by atoms with van der Waals surface area (Å²) in [4.78, 5) is 29.3. The van der Waals surface area contributed by atoms with Gasteiger partial charge in [0.1, 0.15) is 6.61 Å². The molecule has 4 rings (SSSR count). The zero-order chi connectivity index (χ0) is 26.5. The largest absolute Gasteiger partial charge is 0.490 e. The summed E-state index contributed by atoms with van der Waals surface area (Å²) in [7, 11) is 0. The molecule has 0 radical (unpaired) electrons. The van der Waals surface area contributed by atoms with E-state index in [9.17, 15) is 9.59 Å². The van der Waals surface area contributed by atoms with Crippen molar-refractivity contribution in [2.75, 3.05) is 6.61 Å². The lowest BCUT2D eigenvalue weighted by atomic mass is 10.1. The molecule has 1 aliphatic heterocycles. The Balaban J connectivity index is 1.54. The molecule has 0 spiro atoms. The first kappa shape index (κ1) is 27.5. The molecule has 0 bridgehead atoms. The Hall–Kier alpha value is -2.49. The normalized spacial score (nSPS) is 15.2. The molecule has 1 aliphatic rings. The van der Waals surface area contributed by atoms with Gasteiger partial charge in [-0.3, -0.25) is 9.59 Å². The first-order valence-corrected chi connectivity index (χ1v) is 13.6. The fourth-order valence-corrected chi connectivity index (χ4v) is 5.23. The minimum atomic E-state index is -0.482. The van der Waals surface area contributed by atoms with Crippen molar-refractivity contribution in [3.63, 3.8) is 0 Å². The molecule has 1 saturated heterocycles. The summed E-state index contributed by atoms with van der Waals surface area (Å²) in [6, 6.07) is 15.1. The summed E-state index contributed by atoms with van der Waals surface area (Å²) in [5, 5.41) is 4.37. The molecule has 2 amide bonds. The van der Waals surface area contributed by atoms with Crippen LogP contribution in [0.2, 0.25) is 15.1 Å². The number of nitrogens with one attached hydrogen (secondary N) is 1. The molecule has 6 nitrogen and oxygen atoms in total. The van der Waals surface area contributed by atoms with E-state index in [4.69, 9.17) is 44.3 Å². The van der Waals surface area contributed by atoms with Gasteiger partial charge in [-0.2, -0.15) is 4.99 Å². The Morgan fingerprint density at radius 2 is 1.78 bits per heavy atom. The number of rotatable bonds is 7. The second kappa shape index (κ2) is 12.4. The van der Waals surface area contributed by atoms with Gasteiger partial charge in [-0.25, -0.2) is 0 Å². The Morgan fingerprint density at radius 3 is 2.49 bits per heavy atom. The van der Waals surface area contributed by atoms with Gasteiger partial charge in [0, 0.05) is 26.2 Å². The minimum absolute atomic E-state index is 0.195. The molecule has 0 aliphatic carbocycles. The predicted octanol–water partition coefficient (Wildman–Crippen LogP) is 7.79. The highest BCUT2D eigenvalue weighted by Crippen LogP contribution is 2.39. The van der Waals surface area contributed by atoms with Crippen LogP contribution in [0.25, 0.3) is 6.08 Å². The van der Waals surface area contributed by atoms with Crippen molar-refractivity contribution in [1.29, 1.82) is 0 Å². The third-order valence-electron chi connectivity index (χ3n) is 4.96. The maximum atomic E-state index is 12.5. The van der Waals surface area contributed by atoms with Crippen LogP contribution in [0.5, 0.6) is 11.5 Å². The number of halogens is 4. The van der Waals surface area contributed by atoms with Gasteiger partial charge >= 0.3 is 0 Å². The summed E-state index contributed by atoms with van der Waals surface area (Å²) >= 11 is 22.7. The van der Waals surface area contributed by atoms with Gasteiger partial charge in [0.15, 0.2) is 16.7 Å². The van der Waals surface area contributed by atoms with Gasteiger partial charge < -0.3 is 14.8 Å². The molecule has 0 atom stereocenters. The molecule has 1 fully saturated rings. The molecule has 1 N–H and O–H groups in total. The number of hydrogen-bond acceptors (Lipinski definition) is 5. The molecule has 37 heavy (non-hydrogen) atoms. The highest BCUT2D eigenvalue weighted by molar-refractivity contribution is 9.10. The van der Waals surface area contributed by atoms with Crippen LogP contribution >= 0.6 is 62.5 Å². The lowest BCUT2D eigenvalue weighted by Gasteiger charge is -2.15. The van der Waals surface area contributed by atoms with Crippen LogP contribution in [0.15, 0.2) is 69.0 Å². The zero-order valence-corrected chi connectivity index (χ0v) is 23.9. The highest BCUT2D eigenvalue weighted by atomic mass is 79.9. The second-order valence-corrected chi connectivity index (χ2v) is 10.7. The molecular formula is C26H18BrCl3N2O4S. The lowest BCUT2D eigenvalue weighted by Crippen LogP contribution is -2.20. The Bertz CT molecular complexity index is 1430. The number of hydrogen-bond donors (Lipinski definition) is 1. The predicted molar refractivity (Wildman–Crippen MR) is 153 cm³/mol. The molecule has 1 heterocycles. The molecule has 0 unspecified atom stereocenters. The van der Waals surface area contributed by atoms with Crippen molar-refractivity contribution in [3.8, 4) is 11.5 Å². The molecule has 3 aromatic carbocycles. The van der Waals surface area contributed by atoms with Gasteiger partial charge in [-0.05, 0) is 94.8 Å². The van der Waals surface area contributed by atoms with Crippen LogP contribution in [0.3, 0.4) is 0 Å². The fourth-order valence-electron chi connectivity index (χ4n) is 3.24. The molecule has 3 aromatic rings. The van der Waals surface area contributed by atoms with Gasteiger partial charge in [0.05, 0.1) is 16.0 Å². The van der Waals surface area contributed by atoms with Crippen molar-refractivity contribution < 1.29 is 19.1 Å². The van der Waals surface area contributed by atoms with E-state index in [0.29, 0.717) is 53.7 Å². The topological polar surface area (TPSA) is 77.0 Å². The number of aliphatic imine (C=N–C) groups is 1. The maximum Gasteiger partial charge on any atom is 0.279 e. The van der Waals surface area contributed by atoms with E-state index in [0.717, 1.165) is 17.3 Å². The Labute approximate surface area is 241 Å². The Morgan fingerprint density at radius 1 is 1.05 bits per heavy atom. The third-order valence-corrected chi connectivity index (χ3v) is 7.30. The summed E-state index contributed by atoms with van der Waals surface area (Å²) < 4.78 is 12.4. The number of thioether (sulfide) groups is 1. The number of ether oxygens (including phenoxy) is 2. The molecule has 11 heteroatoms. The SMILES string of the molecule is CCOc1cc(/C=C2\SC(=NC(=O)c3ccc(Cl)cc3)NC2=O)cc(Br)c1OCc1ccc(Cl)cc1Cl. The summed E-state index contributed by atoms with van der Waals surface area (Å²) in [5.74, 6) is 0.141. The number of nitrogens with zero attached hydrogens (tertiary/aromatic N) is 1. The van der Waals surface area contributed by atoms with E-state index in [-0.39, 0.29) is 17.7 Å². The Kier molecular flexibility index (Phi) is 9.21. The van der Waals surface area contributed by atoms with E-state index >= 15 is 0 Å². The first-order chi connectivity index (χ1) is 17.7. The molecule has 0 aromatic heterocycles. The van der Waals surface area contributed by atoms with Crippen LogP contribution in [0.1, 0.15) is 28.4 Å². The summed E-state index contributed by atoms with van der Waals surface area (Å²) in [6.45, 7) is 2.47. The molecule has 190 valence electrons. The van der Waals surface area contributed by atoms with Crippen molar-refractivity contribution >= 4 is 85.6 Å². The van der Waals surface area contributed by atoms with E-state index in [2.05, 4.69) is 26.2 Å². The van der Waals surface area contributed by atoms with E-state index in [1.165, 1.54) is 0 Å². The smallest absolute Gasteiger partial charge is 0.279 e. The number of carbonyl (C=O) groups excluding carboxylic acids is 2.